The third-order valence-corrected chi connectivity index (χ3v) is 11.5. The van der Waals surface area contributed by atoms with E-state index in [0.29, 0.717) is 0 Å². The van der Waals surface area contributed by atoms with Gasteiger partial charge in [0.2, 0.25) is 0 Å². The molecule has 2 aliphatic rings. The van der Waals surface area contributed by atoms with Crippen LogP contribution in [0.3, 0.4) is 0 Å². The van der Waals surface area contributed by atoms with E-state index < -0.39 is 0 Å². The fourth-order valence-corrected chi connectivity index (χ4v) is 8.76. The molecule has 6 aromatic carbocycles. The number of hydrogen-bond donors (Lipinski definition) is 1. The van der Waals surface area contributed by atoms with Gasteiger partial charge < -0.3 is 5.73 Å². The zero-order valence-electron chi connectivity index (χ0n) is 26.6. The Kier molecular flexibility index (Phi) is 5.32. The second-order valence-electron chi connectivity index (χ2n) is 14.2. The highest BCUT2D eigenvalue weighted by atomic mass is 14.7. The van der Waals surface area contributed by atoms with Gasteiger partial charge in [-0.05, 0) is 114 Å². The van der Waals surface area contributed by atoms with E-state index in [2.05, 4.69) is 133 Å². The molecule has 2 aliphatic carbocycles. The minimum atomic E-state index is -0.366. The van der Waals surface area contributed by atoms with Gasteiger partial charge in [0.15, 0.2) is 0 Å². The molecule has 0 fully saturated rings. The van der Waals surface area contributed by atoms with Crippen molar-refractivity contribution >= 4 is 32.3 Å². The van der Waals surface area contributed by atoms with E-state index >= 15 is 0 Å². The van der Waals surface area contributed by atoms with Crippen LogP contribution in [0.5, 0.6) is 0 Å². The van der Waals surface area contributed by atoms with Crippen molar-refractivity contribution in [3.63, 3.8) is 0 Å². The smallest absolute Gasteiger partial charge is 0.0410 e. The third-order valence-electron chi connectivity index (χ3n) is 11.5. The molecule has 0 saturated heterocycles. The van der Waals surface area contributed by atoms with Gasteiger partial charge in [-0.1, -0.05) is 120 Å². The van der Waals surface area contributed by atoms with Gasteiger partial charge in [-0.15, -0.1) is 0 Å². The molecule has 0 saturated carbocycles. The van der Waals surface area contributed by atoms with Crippen molar-refractivity contribution in [1.82, 2.24) is 0 Å². The SMILES string of the molecule is CCC(N)(CC)c1cc2c(c3ccccc13)-c1cc3c(c4cccc(c14)C2(C)C)-c1ccc(C)c2cccc(c12)C3(C)C. The van der Waals surface area contributed by atoms with Crippen LogP contribution < -0.4 is 5.73 Å². The summed E-state index contributed by atoms with van der Waals surface area (Å²) >= 11 is 0. The Bertz CT molecular complexity index is 2170. The minimum Gasteiger partial charge on any atom is -0.321 e. The predicted molar refractivity (Wildman–Crippen MR) is 185 cm³/mol. The van der Waals surface area contributed by atoms with Crippen LogP contribution >= 0.6 is 0 Å². The Morgan fingerprint density at radius 2 is 1.09 bits per heavy atom. The maximum absolute atomic E-state index is 7.20. The fourth-order valence-electron chi connectivity index (χ4n) is 8.76. The standard InChI is InChI=1S/C42H41N/c1-8-42(43,9-2)33-23-35-37(27-15-11-10-14-26(27)33)30-22-34-38(28-17-13-19-32(39(28)30)41(35,6)7)29-21-20-24(3)25-16-12-18-31(36(25)29)40(34,4)5/h10-23H,8-9,43H2,1-7H3. The van der Waals surface area contributed by atoms with E-state index in [1.807, 2.05) is 0 Å². The highest BCUT2D eigenvalue weighted by Gasteiger charge is 2.41. The molecule has 0 heterocycles. The summed E-state index contributed by atoms with van der Waals surface area (Å²) in [6.45, 7) is 16.4. The molecular weight excluding hydrogens is 518 g/mol. The molecule has 6 aromatic rings. The van der Waals surface area contributed by atoms with Crippen LogP contribution in [0, 0.1) is 6.92 Å². The zero-order chi connectivity index (χ0) is 30.1. The van der Waals surface area contributed by atoms with E-state index in [9.17, 15) is 0 Å². The summed E-state index contributed by atoms with van der Waals surface area (Å²) in [4.78, 5) is 0. The van der Waals surface area contributed by atoms with Crippen molar-refractivity contribution in [2.45, 2.75) is 77.7 Å². The molecule has 0 aliphatic heterocycles. The van der Waals surface area contributed by atoms with Crippen LogP contribution in [0.1, 0.15) is 87.8 Å². The van der Waals surface area contributed by atoms with Crippen LogP contribution in [0.2, 0.25) is 0 Å². The summed E-state index contributed by atoms with van der Waals surface area (Å²) < 4.78 is 0. The maximum atomic E-state index is 7.20. The van der Waals surface area contributed by atoms with Crippen molar-refractivity contribution in [3.05, 3.63) is 118 Å². The van der Waals surface area contributed by atoms with E-state index in [-0.39, 0.29) is 16.4 Å². The Morgan fingerprint density at radius 3 is 1.74 bits per heavy atom. The van der Waals surface area contributed by atoms with E-state index in [4.69, 9.17) is 5.73 Å². The van der Waals surface area contributed by atoms with Crippen LogP contribution in [0.4, 0.5) is 0 Å². The lowest BCUT2D eigenvalue weighted by molar-refractivity contribution is 0.415. The summed E-state index contributed by atoms with van der Waals surface area (Å²) in [6, 6.07) is 32.7. The third kappa shape index (κ3) is 3.22. The first-order valence-corrected chi connectivity index (χ1v) is 16.0. The first kappa shape index (κ1) is 26.7. The lowest BCUT2D eigenvalue weighted by Crippen LogP contribution is -2.36. The second kappa shape index (κ2) is 8.58. The molecule has 0 amide bonds. The second-order valence-corrected chi connectivity index (χ2v) is 14.2. The van der Waals surface area contributed by atoms with Gasteiger partial charge in [0.1, 0.15) is 0 Å². The highest BCUT2D eigenvalue weighted by molar-refractivity contribution is 6.19. The lowest BCUT2D eigenvalue weighted by Gasteiger charge is -2.41. The van der Waals surface area contributed by atoms with Crippen molar-refractivity contribution in [1.29, 1.82) is 0 Å². The molecule has 0 radical (unpaired) electrons. The summed E-state index contributed by atoms with van der Waals surface area (Å²) in [5.41, 5.74) is 20.3. The van der Waals surface area contributed by atoms with E-state index in [1.165, 1.54) is 88.0 Å². The Labute approximate surface area is 255 Å². The average molecular weight is 560 g/mol. The van der Waals surface area contributed by atoms with Gasteiger partial charge >= 0.3 is 0 Å². The van der Waals surface area contributed by atoms with Crippen molar-refractivity contribution in [2.24, 2.45) is 5.73 Å². The molecule has 214 valence electrons. The van der Waals surface area contributed by atoms with Crippen molar-refractivity contribution in [2.75, 3.05) is 0 Å². The van der Waals surface area contributed by atoms with Gasteiger partial charge in [-0.2, -0.15) is 0 Å². The summed E-state index contributed by atoms with van der Waals surface area (Å²) in [6.07, 6.45) is 1.82. The van der Waals surface area contributed by atoms with Crippen LogP contribution in [0.25, 0.3) is 54.6 Å². The quantitative estimate of drug-likeness (QED) is 0.229. The number of hydrogen-bond acceptors (Lipinski definition) is 1. The normalized spacial score (nSPS) is 16.0. The monoisotopic (exact) mass is 559 g/mol. The maximum Gasteiger partial charge on any atom is 0.0410 e. The van der Waals surface area contributed by atoms with E-state index in [0.717, 1.165) is 12.8 Å². The van der Waals surface area contributed by atoms with Crippen LogP contribution in [-0.4, -0.2) is 0 Å². The molecule has 43 heavy (non-hydrogen) atoms. The Balaban J connectivity index is 1.59. The molecule has 0 spiro atoms. The first-order valence-electron chi connectivity index (χ1n) is 16.0. The molecule has 0 unspecified atom stereocenters. The molecule has 0 bridgehead atoms. The van der Waals surface area contributed by atoms with Gasteiger partial charge in [0, 0.05) is 16.4 Å². The van der Waals surface area contributed by atoms with Gasteiger partial charge in [0.05, 0.1) is 0 Å². The molecule has 0 aromatic heterocycles. The summed E-state index contributed by atoms with van der Waals surface area (Å²) in [5, 5.41) is 8.19. The van der Waals surface area contributed by atoms with Gasteiger partial charge in [-0.3, -0.25) is 0 Å². The zero-order valence-corrected chi connectivity index (χ0v) is 26.6. The fraction of sp³-hybridized carbons (Fsp3) is 0.286. The Hall–Kier alpha value is -3.94. The lowest BCUT2D eigenvalue weighted by atomic mass is 9.62. The van der Waals surface area contributed by atoms with Crippen LogP contribution in [0.15, 0.2) is 84.9 Å². The number of benzene rings is 6. The predicted octanol–water partition coefficient (Wildman–Crippen LogP) is 11.0. The van der Waals surface area contributed by atoms with Gasteiger partial charge in [-0.25, -0.2) is 0 Å². The number of nitrogens with two attached hydrogens (primary N) is 1. The van der Waals surface area contributed by atoms with Crippen LogP contribution in [-0.2, 0) is 16.4 Å². The largest absolute Gasteiger partial charge is 0.321 e. The van der Waals surface area contributed by atoms with Crippen molar-refractivity contribution in [3.8, 4) is 22.3 Å². The molecule has 1 heteroatoms. The molecule has 2 N–H and O–H groups in total. The topological polar surface area (TPSA) is 26.0 Å². The Morgan fingerprint density at radius 1 is 0.558 bits per heavy atom. The van der Waals surface area contributed by atoms with E-state index in [1.54, 1.807) is 0 Å². The first-order chi connectivity index (χ1) is 20.5. The summed E-state index contributed by atoms with van der Waals surface area (Å²) in [5.74, 6) is 0. The average Bonchev–Trinajstić information content (AvgIpc) is 3.02. The number of fused-ring (bicyclic) bond motifs is 7. The molecule has 8 rings (SSSR count). The van der Waals surface area contributed by atoms with Crippen molar-refractivity contribution < 1.29 is 0 Å². The number of aryl methyl sites for hydroxylation is 1. The highest BCUT2D eigenvalue weighted by Crippen LogP contribution is 2.58. The summed E-state index contributed by atoms with van der Waals surface area (Å²) in [7, 11) is 0. The minimum absolute atomic E-state index is 0.143. The molecule has 1 nitrogen and oxygen atoms in total. The molecular formula is C42H41N. The molecule has 0 atom stereocenters. The van der Waals surface area contributed by atoms with Gasteiger partial charge in [0.25, 0.3) is 0 Å². The number of rotatable bonds is 3.